The van der Waals surface area contributed by atoms with Crippen molar-refractivity contribution in [3.8, 4) is 22.3 Å². The number of hydrogen-bond acceptors (Lipinski definition) is 2. The summed E-state index contributed by atoms with van der Waals surface area (Å²) in [5, 5.41) is 4.60. The van der Waals surface area contributed by atoms with Crippen molar-refractivity contribution in [3.05, 3.63) is 215 Å². The zero-order chi connectivity index (χ0) is 34.7. The van der Waals surface area contributed by atoms with Crippen LogP contribution in [0.3, 0.4) is 0 Å². The largest absolute Gasteiger partial charge is 0.456 e. The van der Waals surface area contributed by atoms with Crippen LogP contribution in [0.15, 0.2) is 185 Å². The Labute approximate surface area is 306 Å². The quantitative estimate of drug-likeness (QED) is 0.185. The van der Waals surface area contributed by atoms with E-state index in [1.807, 2.05) is 12.1 Å². The van der Waals surface area contributed by atoms with E-state index in [1.54, 1.807) is 0 Å². The second-order valence-corrected chi connectivity index (χ2v) is 14.7. The number of para-hydroxylation sites is 2. The van der Waals surface area contributed by atoms with E-state index in [0.717, 1.165) is 50.3 Å². The van der Waals surface area contributed by atoms with Gasteiger partial charge in [0.2, 0.25) is 0 Å². The third kappa shape index (κ3) is 3.87. The number of benzene rings is 8. The predicted octanol–water partition coefficient (Wildman–Crippen LogP) is 13.2. The first-order chi connectivity index (χ1) is 26.3. The van der Waals surface area contributed by atoms with Crippen LogP contribution in [-0.2, 0) is 11.8 Å². The highest BCUT2D eigenvalue weighted by atomic mass is 16.3. The Kier molecular flexibility index (Phi) is 5.85. The molecule has 1 atom stereocenters. The van der Waals surface area contributed by atoms with Gasteiger partial charge in [0.15, 0.2) is 0 Å². The maximum absolute atomic E-state index is 6.51. The van der Waals surface area contributed by atoms with Crippen molar-refractivity contribution < 1.29 is 8.83 Å². The molecule has 2 aliphatic rings. The van der Waals surface area contributed by atoms with Crippen molar-refractivity contribution in [2.45, 2.75) is 17.8 Å². The fourth-order valence-corrected chi connectivity index (χ4v) is 9.96. The summed E-state index contributed by atoms with van der Waals surface area (Å²) in [5.74, 6) is 0.0412. The zero-order valence-electron chi connectivity index (χ0n) is 28.8. The summed E-state index contributed by atoms with van der Waals surface area (Å²) in [7, 11) is 0. The number of furan rings is 2. The number of hydrogen-bond donors (Lipinski definition) is 0. The van der Waals surface area contributed by atoms with Crippen molar-refractivity contribution in [1.29, 1.82) is 0 Å². The van der Waals surface area contributed by atoms with Gasteiger partial charge in [-0.15, -0.1) is 0 Å². The molecule has 1 spiro atoms. The molecule has 53 heavy (non-hydrogen) atoms. The first kappa shape index (κ1) is 29.0. The molecular weight excluding hydrogens is 645 g/mol. The van der Waals surface area contributed by atoms with Gasteiger partial charge >= 0.3 is 0 Å². The molecule has 10 aromatic rings. The van der Waals surface area contributed by atoms with Crippen molar-refractivity contribution in [2.24, 2.45) is 0 Å². The highest BCUT2D eigenvalue weighted by Gasteiger charge is 2.52. The molecule has 2 nitrogen and oxygen atoms in total. The minimum absolute atomic E-state index is 0.0412. The molecule has 0 amide bonds. The topological polar surface area (TPSA) is 26.3 Å². The molecule has 0 fully saturated rings. The van der Waals surface area contributed by atoms with Crippen LogP contribution in [0.4, 0.5) is 0 Å². The van der Waals surface area contributed by atoms with E-state index in [-0.39, 0.29) is 5.92 Å². The Morgan fingerprint density at radius 2 is 0.906 bits per heavy atom. The monoisotopic (exact) mass is 676 g/mol. The van der Waals surface area contributed by atoms with E-state index in [2.05, 4.69) is 164 Å². The van der Waals surface area contributed by atoms with E-state index >= 15 is 0 Å². The Morgan fingerprint density at radius 1 is 0.396 bits per heavy atom. The van der Waals surface area contributed by atoms with Gasteiger partial charge in [0.25, 0.3) is 0 Å². The molecule has 0 saturated carbocycles. The van der Waals surface area contributed by atoms with Crippen molar-refractivity contribution in [3.63, 3.8) is 0 Å². The van der Waals surface area contributed by atoms with Gasteiger partial charge in [-0.25, -0.2) is 0 Å². The van der Waals surface area contributed by atoms with Crippen LogP contribution in [-0.4, -0.2) is 0 Å². The van der Waals surface area contributed by atoms with E-state index < -0.39 is 5.41 Å². The van der Waals surface area contributed by atoms with Crippen molar-refractivity contribution in [2.75, 3.05) is 0 Å². The summed E-state index contributed by atoms with van der Waals surface area (Å²) >= 11 is 0. The third-order valence-electron chi connectivity index (χ3n) is 12.1. The van der Waals surface area contributed by atoms with E-state index in [9.17, 15) is 0 Å². The summed E-state index contributed by atoms with van der Waals surface area (Å²) in [6, 6.07) is 64.6. The molecule has 2 heteroatoms. The highest BCUT2D eigenvalue weighted by molar-refractivity contribution is 6.06. The lowest BCUT2D eigenvalue weighted by atomic mass is 9.70. The average molecular weight is 677 g/mol. The Balaban J connectivity index is 1.12. The Hall–Kier alpha value is -6.64. The summed E-state index contributed by atoms with van der Waals surface area (Å²) in [4.78, 5) is 0. The van der Waals surface area contributed by atoms with Crippen LogP contribution in [0.5, 0.6) is 0 Å². The first-order valence-corrected chi connectivity index (χ1v) is 18.5. The van der Waals surface area contributed by atoms with Gasteiger partial charge < -0.3 is 8.83 Å². The Bertz CT molecular complexity index is 3070. The van der Waals surface area contributed by atoms with Gasteiger partial charge in [-0.05, 0) is 91.9 Å². The fourth-order valence-electron chi connectivity index (χ4n) is 9.96. The minimum Gasteiger partial charge on any atom is -0.456 e. The van der Waals surface area contributed by atoms with Gasteiger partial charge in [-0.1, -0.05) is 152 Å². The van der Waals surface area contributed by atoms with E-state index in [0.29, 0.717) is 0 Å². The molecule has 0 saturated heterocycles. The molecule has 0 aliphatic heterocycles. The molecule has 2 aliphatic carbocycles. The molecule has 2 aromatic heterocycles. The van der Waals surface area contributed by atoms with Crippen LogP contribution in [0.2, 0.25) is 0 Å². The average Bonchev–Trinajstić information content (AvgIpc) is 3.94. The Morgan fingerprint density at radius 3 is 1.58 bits per heavy atom. The van der Waals surface area contributed by atoms with Crippen LogP contribution in [0.1, 0.15) is 44.9 Å². The number of fused-ring (bicyclic) bond motifs is 16. The molecule has 2 heterocycles. The van der Waals surface area contributed by atoms with Crippen LogP contribution in [0, 0.1) is 0 Å². The lowest BCUT2D eigenvalue weighted by Crippen LogP contribution is -2.25. The molecular formula is C51H32O2. The fraction of sp³-hybridized carbons (Fsp3) is 0.0588. The minimum atomic E-state index is -0.393. The molecule has 1 unspecified atom stereocenters. The predicted molar refractivity (Wildman–Crippen MR) is 216 cm³/mol. The van der Waals surface area contributed by atoms with Crippen molar-refractivity contribution in [1.82, 2.24) is 0 Å². The van der Waals surface area contributed by atoms with Gasteiger partial charge in [0.1, 0.15) is 22.3 Å². The second-order valence-electron chi connectivity index (χ2n) is 14.7. The van der Waals surface area contributed by atoms with Gasteiger partial charge in [-0.3, -0.25) is 0 Å². The molecule has 0 N–H and O–H groups in total. The van der Waals surface area contributed by atoms with E-state index in [1.165, 1.54) is 61.2 Å². The zero-order valence-corrected chi connectivity index (χ0v) is 28.8. The highest BCUT2D eigenvalue weighted by Crippen LogP contribution is 2.63. The SMILES string of the molecule is c1ccc2c(c1)-c1ccccc1C21c2ccccc2-c2c(C(Cc3ccc4c(c3)oc3ccccc34)c3ccc4c(c3)oc3ccccc34)cccc21. The van der Waals surface area contributed by atoms with Gasteiger partial charge in [0.05, 0.1) is 5.41 Å². The number of rotatable bonds is 4. The first-order valence-electron chi connectivity index (χ1n) is 18.5. The summed E-state index contributed by atoms with van der Waals surface area (Å²) in [6.45, 7) is 0. The second kappa shape index (κ2) is 10.7. The van der Waals surface area contributed by atoms with Crippen LogP contribution < -0.4 is 0 Å². The van der Waals surface area contributed by atoms with Gasteiger partial charge in [0, 0.05) is 27.5 Å². The molecule has 0 bridgehead atoms. The lowest BCUT2D eigenvalue weighted by molar-refractivity contribution is 0.665. The van der Waals surface area contributed by atoms with Crippen LogP contribution >= 0.6 is 0 Å². The summed E-state index contributed by atoms with van der Waals surface area (Å²) < 4.78 is 12.9. The maximum atomic E-state index is 6.51. The van der Waals surface area contributed by atoms with Gasteiger partial charge in [-0.2, -0.15) is 0 Å². The maximum Gasteiger partial charge on any atom is 0.135 e. The summed E-state index contributed by atoms with van der Waals surface area (Å²) in [6.07, 6.45) is 0.803. The molecule has 248 valence electrons. The third-order valence-corrected chi connectivity index (χ3v) is 12.1. The van der Waals surface area contributed by atoms with E-state index in [4.69, 9.17) is 8.83 Å². The molecule has 12 rings (SSSR count). The lowest BCUT2D eigenvalue weighted by Gasteiger charge is -2.31. The van der Waals surface area contributed by atoms with Crippen LogP contribution in [0.25, 0.3) is 66.1 Å². The molecule has 0 radical (unpaired) electrons. The normalized spacial score (nSPS) is 14.2. The molecule has 8 aromatic carbocycles. The smallest absolute Gasteiger partial charge is 0.135 e. The standard InChI is InChI=1S/C51H32O2/c1-6-18-42-33(12-1)34-13-2-7-19-43(34)51(42)44-20-8-3-16-40(44)50-39(17-11-21-45(50)51)41(32-25-27-38-36-15-5-10-23-47(36)53-49(38)30-32)28-31-24-26-37-35-14-4-9-22-46(35)52-48(37)29-31/h1-27,29-30,41H,28H2. The van der Waals surface area contributed by atoms with Crippen molar-refractivity contribution >= 4 is 43.9 Å². The summed E-state index contributed by atoms with van der Waals surface area (Å²) in [5.41, 5.74) is 17.8.